The van der Waals surface area contributed by atoms with Crippen LogP contribution in [0.1, 0.15) is 11.8 Å². The van der Waals surface area contributed by atoms with E-state index in [9.17, 15) is 0 Å². The first-order valence-corrected chi connectivity index (χ1v) is 5.26. The van der Waals surface area contributed by atoms with Gasteiger partial charge in [0.1, 0.15) is 0 Å². The number of pyridine rings is 1. The van der Waals surface area contributed by atoms with E-state index in [2.05, 4.69) is 23.4 Å². The molecule has 0 unspecified atom stereocenters. The molecule has 0 aliphatic rings. The van der Waals surface area contributed by atoms with Gasteiger partial charge in [-0.3, -0.25) is 4.98 Å². The fourth-order valence-electron chi connectivity index (χ4n) is 1.26. The number of hydrogen-bond acceptors (Lipinski definition) is 2. The number of nitrogens with zero attached hydrogens (tertiary/aromatic N) is 1. The van der Waals surface area contributed by atoms with E-state index in [0.717, 1.165) is 6.42 Å². The second kappa shape index (κ2) is 3.71. The van der Waals surface area contributed by atoms with E-state index in [4.69, 9.17) is 0 Å². The van der Waals surface area contributed by atoms with Crippen LogP contribution in [-0.4, -0.2) is 4.98 Å². The standard InChI is InChI=1S/C11H11NS/c1-2-11-7-10(8-13-11)9-3-5-12-6-4-9/h3-8H,2H2,1H3. The smallest absolute Gasteiger partial charge is 0.0273 e. The zero-order valence-corrected chi connectivity index (χ0v) is 8.34. The second-order valence-electron chi connectivity index (χ2n) is 2.89. The molecule has 13 heavy (non-hydrogen) atoms. The Morgan fingerprint density at radius 1 is 1.23 bits per heavy atom. The molecular weight excluding hydrogens is 178 g/mol. The Hall–Kier alpha value is -1.15. The summed E-state index contributed by atoms with van der Waals surface area (Å²) < 4.78 is 0. The van der Waals surface area contributed by atoms with E-state index in [1.165, 1.54) is 16.0 Å². The lowest BCUT2D eigenvalue weighted by Crippen LogP contribution is -1.74. The number of rotatable bonds is 2. The van der Waals surface area contributed by atoms with E-state index >= 15 is 0 Å². The van der Waals surface area contributed by atoms with Crippen molar-refractivity contribution in [1.82, 2.24) is 4.98 Å². The summed E-state index contributed by atoms with van der Waals surface area (Å²) in [6.45, 7) is 2.18. The topological polar surface area (TPSA) is 12.9 Å². The third kappa shape index (κ3) is 1.78. The van der Waals surface area contributed by atoms with Gasteiger partial charge in [-0.15, -0.1) is 11.3 Å². The number of hydrogen-bond donors (Lipinski definition) is 0. The quantitative estimate of drug-likeness (QED) is 0.705. The highest BCUT2D eigenvalue weighted by atomic mass is 32.1. The van der Waals surface area contributed by atoms with Gasteiger partial charge in [0.25, 0.3) is 0 Å². The molecule has 0 aliphatic carbocycles. The van der Waals surface area contributed by atoms with Crippen LogP contribution in [0, 0.1) is 0 Å². The Balaban J connectivity index is 2.36. The third-order valence-electron chi connectivity index (χ3n) is 2.02. The first-order chi connectivity index (χ1) is 6.40. The van der Waals surface area contributed by atoms with E-state index in [1.807, 2.05) is 35.9 Å². The Bertz CT molecular complexity index is 378. The predicted octanol–water partition coefficient (Wildman–Crippen LogP) is 3.37. The monoisotopic (exact) mass is 189 g/mol. The molecule has 1 nitrogen and oxygen atoms in total. The van der Waals surface area contributed by atoms with E-state index in [0.29, 0.717) is 0 Å². The van der Waals surface area contributed by atoms with Crippen LogP contribution in [0.15, 0.2) is 36.0 Å². The van der Waals surface area contributed by atoms with E-state index in [1.54, 1.807) is 0 Å². The number of aromatic nitrogens is 1. The van der Waals surface area contributed by atoms with Crippen molar-refractivity contribution in [3.63, 3.8) is 0 Å². The fourth-order valence-corrected chi connectivity index (χ4v) is 2.11. The Morgan fingerprint density at radius 3 is 2.62 bits per heavy atom. The lowest BCUT2D eigenvalue weighted by molar-refractivity contribution is 1.19. The van der Waals surface area contributed by atoms with Crippen LogP contribution in [0.5, 0.6) is 0 Å². The van der Waals surface area contributed by atoms with Gasteiger partial charge in [0.2, 0.25) is 0 Å². The van der Waals surface area contributed by atoms with Crippen LogP contribution < -0.4 is 0 Å². The molecule has 2 rings (SSSR count). The Kier molecular flexibility index (Phi) is 2.41. The molecule has 0 radical (unpaired) electrons. The van der Waals surface area contributed by atoms with Crippen molar-refractivity contribution in [3.05, 3.63) is 40.8 Å². The minimum atomic E-state index is 1.12. The molecule has 0 saturated carbocycles. The molecule has 0 bridgehead atoms. The molecule has 0 fully saturated rings. The summed E-state index contributed by atoms with van der Waals surface area (Å²) in [5.41, 5.74) is 2.57. The molecule has 2 heteroatoms. The minimum Gasteiger partial charge on any atom is -0.265 e. The average Bonchev–Trinajstić information content (AvgIpc) is 2.67. The van der Waals surface area contributed by atoms with Crippen LogP contribution in [0.25, 0.3) is 11.1 Å². The van der Waals surface area contributed by atoms with Gasteiger partial charge in [0.15, 0.2) is 0 Å². The van der Waals surface area contributed by atoms with Gasteiger partial charge in [0, 0.05) is 17.3 Å². The van der Waals surface area contributed by atoms with Gasteiger partial charge in [0.05, 0.1) is 0 Å². The molecule has 0 N–H and O–H groups in total. The maximum atomic E-state index is 4.00. The van der Waals surface area contributed by atoms with Gasteiger partial charge in [-0.1, -0.05) is 6.92 Å². The molecule has 66 valence electrons. The van der Waals surface area contributed by atoms with Crippen LogP contribution in [0.4, 0.5) is 0 Å². The normalized spacial score (nSPS) is 10.2. The minimum absolute atomic E-state index is 1.12. The van der Waals surface area contributed by atoms with Crippen LogP contribution >= 0.6 is 11.3 Å². The molecule has 2 heterocycles. The van der Waals surface area contributed by atoms with Crippen molar-refractivity contribution in [2.24, 2.45) is 0 Å². The zero-order valence-electron chi connectivity index (χ0n) is 7.53. The van der Waals surface area contributed by atoms with Crippen molar-refractivity contribution < 1.29 is 0 Å². The molecular formula is C11H11NS. The summed E-state index contributed by atoms with van der Waals surface area (Å²) in [5.74, 6) is 0. The average molecular weight is 189 g/mol. The predicted molar refractivity (Wildman–Crippen MR) is 56.9 cm³/mol. The summed E-state index contributed by atoms with van der Waals surface area (Å²) in [4.78, 5) is 5.44. The molecule has 0 aliphatic heterocycles. The molecule has 0 spiro atoms. The second-order valence-corrected chi connectivity index (χ2v) is 3.89. The highest BCUT2D eigenvalue weighted by molar-refractivity contribution is 7.10. The summed E-state index contributed by atoms with van der Waals surface area (Å²) in [6.07, 6.45) is 4.78. The van der Waals surface area contributed by atoms with Crippen molar-refractivity contribution in [1.29, 1.82) is 0 Å². The van der Waals surface area contributed by atoms with Gasteiger partial charge in [-0.2, -0.15) is 0 Å². The number of aryl methyl sites for hydroxylation is 1. The number of thiophene rings is 1. The molecule has 0 amide bonds. The van der Waals surface area contributed by atoms with Crippen LogP contribution in [0.2, 0.25) is 0 Å². The fraction of sp³-hybridized carbons (Fsp3) is 0.182. The lowest BCUT2D eigenvalue weighted by atomic mass is 10.1. The molecule has 2 aromatic rings. The summed E-state index contributed by atoms with van der Waals surface area (Å²) >= 11 is 1.82. The van der Waals surface area contributed by atoms with Gasteiger partial charge >= 0.3 is 0 Å². The Morgan fingerprint density at radius 2 is 2.00 bits per heavy atom. The zero-order chi connectivity index (χ0) is 9.10. The highest BCUT2D eigenvalue weighted by Gasteiger charge is 1.99. The summed E-state index contributed by atoms with van der Waals surface area (Å²) in [6, 6.07) is 6.34. The molecule has 2 aromatic heterocycles. The molecule has 0 aromatic carbocycles. The summed E-state index contributed by atoms with van der Waals surface area (Å²) in [7, 11) is 0. The van der Waals surface area contributed by atoms with Crippen molar-refractivity contribution in [2.45, 2.75) is 13.3 Å². The SMILES string of the molecule is CCc1cc(-c2ccncc2)cs1. The third-order valence-corrected chi connectivity index (χ3v) is 3.10. The van der Waals surface area contributed by atoms with E-state index < -0.39 is 0 Å². The first kappa shape index (κ1) is 8.45. The van der Waals surface area contributed by atoms with Crippen molar-refractivity contribution >= 4 is 11.3 Å². The van der Waals surface area contributed by atoms with Crippen molar-refractivity contribution in [3.8, 4) is 11.1 Å². The van der Waals surface area contributed by atoms with E-state index in [-0.39, 0.29) is 0 Å². The van der Waals surface area contributed by atoms with Crippen LogP contribution in [0.3, 0.4) is 0 Å². The molecule has 0 atom stereocenters. The maximum Gasteiger partial charge on any atom is 0.0273 e. The largest absolute Gasteiger partial charge is 0.265 e. The molecule has 0 saturated heterocycles. The highest BCUT2D eigenvalue weighted by Crippen LogP contribution is 2.24. The first-order valence-electron chi connectivity index (χ1n) is 4.38. The van der Waals surface area contributed by atoms with Crippen molar-refractivity contribution in [2.75, 3.05) is 0 Å². The lowest BCUT2D eigenvalue weighted by Gasteiger charge is -1.93. The summed E-state index contributed by atoms with van der Waals surface area (Å²) in [5, 5.41) is 2.20. The van der Waals surface area contributed by atoms with Gasteiger partial charge < -0.3 is 0 Å². The van der Waals surface area contributed by atoms with Gasteiger partial charge in [-0.05, 0) is 41.1 Å². The van der Waals surface area contributed by atoms with Crippen LogP contribution in [-0.2, 0) is 6.42 Å². The van der Waals surface area contributed by atoms with Gasteiger partial charge in [-0.25, -0.2) is 0 Å². The Labute approximate surface area is 82.1 Å². The maximum absolute atomic E-state index is 4.00.